The number of fused-ring (bicyclic) bond motifs is 1. The predicted molar refractivity (Wildman–Crippen MR) is 69.9 cm³/mol. The molecule has 3 rings (SSSR count). The first-order valence-electron chi connectivity index (χ1n) is 5.87. The molecule has 4 heteroatoms. The van der Waals surface area contributed by atoms with Crippen LogP contribution in [0.2, 0.25) is 0 Å². The Bertz CT molecular complexity index is 701. The van der Waals surface area contributed by atoms with E-state index in [1.807, 2.05) is 24.3 Å². The zero-order valence-electron chi connectivity index (χ0n) is 9.99. The van der Waals surface area contributed by atoms with Crippen LogP contribution in [0.15, 0.2) is 53.1 Å². The molecule has 1 N–H and O–H groups in total. The van der Waals surface area contributed by atoms with Crippen molar-refractivity contribution in [3.05, 3.63) is 65.9 Å². The van der Waals surface area contributed by atoms with E-state index in [1.165, 1.54) is 12.1 Å². The highest BCUT2D eigenvalue weighted by Gasteiger charge is 2.05. The van der Waals surface area contributed by atoms with Crippen LogP contribution in [0.25, 0.3) is 11.0 Å². The van der Waals surface area contributed by atoms with E-state index in [-0.39, 0.29) is 0 Å². The van der Waals surface area contributed by atoms with Gasteiger partial charge < -0.3 is 9.73 Å². The standard InChI is InChI=1S/C15H11F2NO/c16-11-5-12(17)7-13(6-11)18-8-10-9-19-15-4-2-1-3-14(10)15/h1-7,9,18H,8H2. The number of rotatable bonds is 3. The Morgan fingerprint density at radius 2 is 1.74 bits per heavy atom. The first-order chi connectivity index (χ1) is 9.22. The summed E-state index contributed by atoms with van der Waals surface area (Å²) in [4.78, 5) is 0. The first-order valence-corrected chi connectivity index (χ1v) is 5.87. The van der Waals surface area contributed by atoms with E-state index in [2.05, 4.69) is 5.32 Å². The van der Waals surface area contributed by atoms with Crippen LogP contribution in [0.5, 0.6) is 0 Å². The summed E-state index contributed by atoms with van der Waals surface area (Å²) in [5.74, 6) is -1.20. The fourth-order valence-electron chi connectivity index (χ4n) is 2.02. The van der Waals surface area contributed by atoms with Gasteiger partial charge in [-0.1, -0.05) is 18.2 Å². The average Bonchev–Trinajstić information content (AvgIpc) is 2.78. The van der Waals surface area contributed by atoms with Crippen molar-refractivity contribution in [2.24, 2.45) is 0 Å². The molecule has 0 saturated carbocycles. The Morgan fingerprint density at radius 1 is 1.00 bits per heavy atom. The van der Waals surface area contributed by atoms with Gasteiger partial charge in [0.05, 0.1) is 6.26 Å². The number of hydrogen-bond acceptors (Lipinski definition) is 2. The summed E-state index contributed by atoms with van der Waals surface area (Å²) in [6.07, 6.45) is 1.65. The molecule has 3 aromatic rings. The molecule has 2 aromatic carbocycles. The maximum absolute atomic E-state index is 13.0. The summed E-state index contributed by atoms with van der Waals surface area (Å²) in [6, 6.07) is 11.0. The second kappa shape index (κ2) is 4.72. The van der Waals surface area contributed by atoms with E-state index in [9.17, 15) is 8.78 Å². The van der Waals surface area contributed by atoms with E-state index < -0.39 is 11.6 Å². The molecule has 0 spiro atoms. The highest BCUT2D eigenvalue weighted by molar-refractivity contribution is 5.81. The maximum atomic E-state index is 13.0. The Morgan fingerprint density at radius 3 is 2.53 bits per heavy atom. The van der Waals surface area contributed by atoms with Gasteiger partial charge >= 0.3 is 0 Å². The van der Waals surface area contributed by atoms with E-state index in [0.717, 1.165) is 22.6 Å². The molecule has 1 heterocycles. The first kappa shape index (κ1) is 11.7. The van der Waals surface area contributed by atoms with Gasteiger partial charge in [0.15, 0.2) is 0 Å². The van der Waals surface area contributed by atoms with Crippen molar-refractivity contribution in [1.29, 1.82) is 0 Å². The van der Waals surface area contributed by atoms with Crippen LogP contribution in [-0.2, 0) is 6.54 Å². The monoisotopic (exact) mass is 259 g/mol. The lowest BCUT2D eigenvalue weighted by Gasteiger charge is -2.05. The van der Waals surface area contributed by atoms with Crippen molar-refractivity contribution in [3.8, 4) is 0 Å². The van der Waals surface area contributed by atoms with Crippen LogP contribution in [-0.4, -0.2) is 0 Å². The quantitative estimate of drug-likeness (QED) is 0.757. The van der Waals surface area contributed by atoms with Gasteiger partial charge in [0, 0.05) is 29.2 Å². The van der Waals surface area contributed by atoms with Gasteiger partial charge in [-0.3, -0.25) is 0 Å². The lowest BCUT2D eigenvalue weighted by molar-refractivity contribution is 0.584. The van der Waals surface area contributed by atoms with Crippen LogP contribution in [0.3, 0.4) is 0 Å². The SMILES string of the molecule is Fc1cc(F)cc(NCc2coc3ccccc23)c1. The molecule has 0 saturated heterocycles. The van der Waals surface area contributed by atoms with E-state index >= 15 is 0 Å². The van der Waals surface area contributed by atoms with E-state index in [0.29, 0.717) is 12.2 Å². The molecule has 2 nitrogen and oxygen atoms in total. The smallest absolute Gasteiger partial charge is 0.134 e. The summed E-state index contributed by atoms with van der Waals surface area (Å²) in [7, 11) is 0. The second-order valence-corrected chi connectivity index (χ2v) is 4.27. The predicted octanol–water partition coefficient (Wildman–Crippen LogP) is 4.32. The van der Waals surface area contributed by atoms with Crippen LogP contribution in [0.1, 0.15) is 5.56 Å². The largest absolute Gasteiger partial charge is 0.464 e. The number of furan rings is 1. The number of para-hydroxylation sites is 1. The fraction of sp³-hybridized carbons (Fsp3) is 0.0667. The third-order valence-corrected chi connectivity index (χ3v) is 2.91. The van der Waals surface area contributed by atoms with Crippen molar-refractivity contribution >= 4 is 16.7 Å². The van der Waals surface area contributed by atoms with Crippen molar-refractivity contribution in [3.63, 3.8) is 0 Å². The topological polar surface area (TPSA) is 25.2 Å². The molecule has 0 atom stereocenters. The molecule has 0 aliphatic carbocycles. The molecule has 0 aliphatic heterocycles. The molecule has 0 aliphatic rings. The highest BCUT2D eigenvalue weighted by Crippen LogP contribution is 2.22. The van der Waals surface area contributed by atoms with Crippen molar-refractivity contribution in [1.82, 2.24) is 0 Å². The second-order valence-electron chi connectivity index (χ2n) is 4.27. The zero-order valence-corrected chi connectivity index (χ0v) is 9.99. The minimum absolute atomic E-state index is 0.405. The molecule has 19 heavy (non-hydrogen) atoms. The molecular weight excluding hydrogens is 248 g/mol. The van der Waals surface area contributed by atoms with Gasteiger partial charge in [0.2, 0.25) is 0 Å². The number of benzene rings is 2. The van der Waals surface area contributed by atoms with E-state index in [1.54, 1.807) is 6.26 Å². The van der Waals surface area contributed by atoms with Gasteiger partial charge in [-0.2, -0.15) is 0 Å². The normalized spacial score (nSPS) is 10.8. The van der Waals surface area contributed by atoms with Crippen molar-refractivity contribution in [2.45, 2.75) is 6.54 Å². The Hall–Kier alpha value is -2.36. The molecule has 0 amide bonds. The number of nitrogens with one attached hydrogen (secondary N) is 1. The minimum atomic E-state index is -0.598. The zero-order chi connectivity index (χ0) is 13.2. The van der Waals surface area contributed by atoms with Crippen molar-refractivity contribution in [2.75, 3.05) is 5.32 Å². The van der Waals surface area contributed by atoms with Crippen LogP contribution in [0, 0.1) is 11.6 Å². The van der Waals surface area contributed by atoms with Crippen LogP contribution in [0.4, 0.5) is 14.5 Å². The summed E-state index contributed by atoms with van der Waals surface area (Å²) in [5.41, 5.74) is 2.15. The Labute approximate surface area is 108 Å². The van der Waals surface area contributed by atoms with Gasteiger partial charge in [-0.25, -0.2) is 8.78 Å². The van der Waals surface area contributed by atoms with Gasteiger partial charge in [0.1, 0.15) is 17.2 Å². The number of halogens is 2. The molecule has 1 aromatic heterocycles. The van der Waals surface area contributed by atoms with E-state index in [4.69, 9.17) is 4.42 Å². The molecular formula is C15H11F2NO. The number of hydrogen-bond donors (Lipinski definition) is 1. The summed E-state index contributed by atoms with van der Waals surface area (Å²) in [6.45, 7) is 0.444. The molecule has 96 valence electrons. The lowest BCUT2D eigenvalue weighted by atomic mass is 10.2. The molecule has 0 bridgehead atoms. The van der Waals surface area contributed by atoms with Gasteiger partial charge in [-0.05, 0) is 18.2 Å². The van der Waals surface area contributed by atoms with Crippen molar-refractivity contribution < 1.29 is 13.2 Å². The molecule has 0 radical (unpaired) electrons. The Balaban J connectivity index is 1.82. The molecule has 0 unspecified atom stereocenters. The van der Waals surface area contributed by atoms with Crippen LogP contribution < -0.4 is 5.32 Å². The average molecular weight is 259 g/mol. The minimum Gasteiger partial charge on any atom is -0.464 e. The third-order valence-electron chi connectivity index (χ3n) is 2.91. The van der Waals surface area contributed by atoms with Gasteiger partial charge in [-0.15, -0.1) is 0 Å². The maximum Gasteiger partial charge on any atom is 0.134 e. The third kappa shape index (κ3) is 2.42. The summed E-state index contributed by atoms with van der Waals surface area (Å²) < 4.78 is 31.5. The van der Waals surface area contributed by atoms with Crippen LogP contribution >= 0.6 is 0 Å². The molecule has 0 fully saturated rings. The highest BCUT2D eigenvalue weighted by atomic mass is 19.1. The lowest BCUT2D eigenvalue weighted by Crippen LogP contribution is -1.99. The summed E-state index contributed by atoms with van der Waals surface area (Å²) in [5, 5.41) is 3.97. The summed E-state index contributed by atoms with van der Waals surface area (Å²) >= 11 is 0. The fourth-order valence-corrected chi connectivity index (χ4v) is 2.02. The Kier molecular flexibility index (Phi) is 2.91. The number of anilines is 1. The van der Waals surface area contributed by atoms with Gasteiger partial charge in [0.25, 0.3) is 0 Å².